The minimum absolute atomic E-state index is 0.0455. The molecule has 3 atom stereocenters. The molecule has 0 radical (unpaired) electrons. The molecule has 2 heterocycles. The van der Waals surface area contributed by atoms with E-state index in [0.717, 1.165) is 11.1 Å². The first-order valence-corrected chi connectivity index (χ1v) is 13.2. The quantitative estimate of drug-likeness (QED) is 0.225. The lowest BCUT2D eigenvalue weighted by molar-refractivity contribution is 0.0856. The number of rotatable bonds is 13. The Morgan fingerprint density at radius 2 is 1.22 bits per heavy atom. The number of hydrogen-bond donors (Lipinski definition) is 3. The number of ether oxygens (including phenoxy) is 2. The highest BCUT2D eigenvalue weighted by atomic mass is 16.6. The maximum absolute atomic E-state index is 12.7. The van der Waals surface area contributed by atoms with E-state index >= 15 is 0 Å². The smallest absolute Gasteiger partial charge is 0.407 e. The Hall–Kier alpha value is -4.90. The van der Waals surface area contributed by atoms with Crippen molar-refractivity contribution >= 4 is 12.2 Å². The summed E-state index contributed by atoms with van der Waals surface area (Å²) in [6, 6.07) is 17.9. The van der Waals surface area contributed by atoms with Gasteiger partial charge in [-0.1, -0.05) is 60.7 Å². The van der Waals surface area contributed by atoms with Crippen LogP contribution in [0, 0.1) is 0 Å². The van der Waals surface area contributed by atoms with Crippen molar-refractivity contribution in [3.63, 3.8) is 0 Å². The molecule has 0 aliphatic heterocycles. The summed E-state index contributed by atoms with van der Waals surface area (Å²) in [5, 5.41) is 17.0. The third-order valence-electron chi connectivity index (χ3n) is 6.17. The molecule has 3 N–H and O–H groups in total. The van der Waals surface area contributed by atoms with Crippen LogP contribution in [0.3, 0.4) is 0 Å². The van der Waals surface area contributed by atoms with E-state index in [1.165, 1.54) is 37.2 Å². The molecule has 0 aliphatic rings. The highest BCUT2D eigenvalue weighted by molar-refractivity contribution is 5.68. The van der Waals surface area contributed by atoms with Crippen molar-refractivity contribution in [2.75, 3.05) is 0 Å². The minimum atomic E-state index is -1.03. The van der Waals surface area contributed by atoms with Crippen molar-refractivity contribution in [3.8, 4) is 0 Å². The van der Waals surface area contributed by atoms with Gasteiger partial charge in [0.25, 0.3) is 0 Å². The fourth-order valence-corrected chi connectivity index (χ4v) is 4.19. The van der Waals surface area contributed by atoms with Crippen LogP contribution >= 0.6 is 0 Å². The molecule has 0 aliphatic carbocycles. The topological polar surface area (TPSA) is 148 Å². The number of alkyl carbamates (subject to hydrolysis) is 2. The highest BCUT2D eigenvalue weighted by Gasteiger charge is 2.27. The lowest BCUT2D eigenvalue weighted by atomic mass is 9.94. The molecule has 2 amide bonds. The fraction of sp³-hybridized carbons (Fsp3) is 0.267. The molecule has 11 nitrogen and oxygen atoms in total. The summed E-state index contributed by atoms with van der Waals surface area (Å²) in [6.07, 6.45) is 7.64. The number of aromatic nitrogens is 4. The Morgan fingerprint density at radius 1 is 0.707 bits per heavy atom. The molecule has 0 fully saturated rings. The number of benzene rings is 2. The summed E-state index contributed by atoms with van der Waals surface area (Å²) in [5.41, 5.74) is 2.89. The summed E-state index contributed by atoms with van der Waals surface area (Å²) >= 11 is 0. The molecule has 0 bridgehead atoms. The van der Waals surface area contributed by atoms with E-state index in [4.69, 9.17) is 9.47 Å². The summed E-state index contributed by atoms with van der Waals surface area (Å²) in [6.45, 7) is -0.111. The normalized spacial score (nSPS) is 12.9. The third-order valence-corrected chi connectivity index (χ3v) is 6.17. The molecule has 4 aromatic rings. The zero-order valence-electron chi connectivity index (χ0n) is 22.4. The largest absolute Gasteiger partial charge is 0.443 e. The van der Waals surface area contributed by atoms with Crippen LogP contribution in [0.15, 0.2) is 97.8 Å². The van der Waals surface area contributed by atoms with E-state index in [1.54, 1.807) is 0 Å². The Balaban J connectivity index is 1.43. The van der Waals surface area contributed by atoms with Crippen molar-refractivity contribution in [2.24, 2.45) is 0 Å². The van der Waals surface area contributed by atoms with Gasteiger partial charge in [-0.3, -0.25) is 19.9 Å². The van der Waals surface area contributed by atoms with E-state index in [0.29, 0.717) is 24.2 Å². The maximum Gasteiger partial charge on any atom is 0.407 e. The van der Waals surface area contributed by atoms with Crippen LogP contribution in [0.1, 0.15) is 28.9 Å². The number of amides is 2. The van der Waals surface area contributed by atoms with E-state index in [-0.39, 0.29) is 19.6 Å². The molecule has 0 saturated carbocycles. The van der Waals surface area contributed by atoms with Crippen molar-refractivity contribution in [1.82, 2.24) is 30.6 Å². The maximum atomic E-state index is 12.7. The average Bonchev–Trinajstić information content (AvgIpc) is 3.01. The second kappa shape index (κ2) is 15.6. The molecule has 2 aromatic heterocycles. The van der Waals surface area contributed by atoms with Gasteiger partial charge in [-0.2, -0.15) is 0 Å². The second-order valence-corrected chi connectivity index (χ2v) is 9.32. The van der Waals surface area contributed by atoms with Crippen LogP contribution in [0.2, 0.25) is 0 Å². The first kappa shape index (κ1) is 29.1. The van der Waals surface area contributed by atoms with Crippen LogP contribution < -0.4 is 10.6 Å². The lowest BCUT2D eigenvalue weighted by Crippen LogP contribution is -2.48. The number of nitrogens with one attached hydrogen (secondary N) is 2. The van der Waals surface area contributed by atoms with E-state index in [2.05, 4.69) is 30.6 Å². The number of hydrogen-bond acceptors (Lipinski definition) is 9. The van der Waals surface area contributed by atoms with E-state index in [9.17, 15) is 14.7 Å². The average molecular weight is 557 g/mol. The van der Waals surface area contributed by atoms with Gasteiger partial charge in [0.2, 0.25) is 0 Å². The SMILES string of the molecule is O=C(N[C@@H](Cc1ccccc1)C[C@H](O)[C@H](Cc1ccccc1)NC(=O)OCc1cnccn1)OCc1cnccn1. The Bertz CT molecular complexity index is 1330. The van der Waals surface area contributed by atoms with Crippen LogP contribution in [-0.2, 0) is 35.5 Å². The standard InChI is InChI=1S/C30H32N6O5/c37-28(27(16-23-9-5-2-6-10-23)36-30(39)41-21-26-19-32-12-14-34-26)17-24(15-22-7-3-1-4-8-22)35-29(38)40-20-25-18-31-11-13-33-25/h1-14,18-19,24,27-28,37H,15-17,20-21H2,(H,35,38)(H,36,39)/t24-,27-,28-/m0/s1. The van der Waals surface area contributed by atoms with Crippen molar-refractivity contribution in [3.05, 3.63) is 120 Å². The molecule has 11 heteroatoms. The molecular weight excluding hydrogens is 524 g/mol. The van der Waals surface area contributed by atoms with Crippen LogP contribution in [0.4, 0.5) is 9.59 Å². The monoisotopic (exact) mass is 556 g/mol. The summed E-state index contributed by atoms with van der Waals surface area (Å²) < 4.78 is 10.7. The van der Waals surface area contributed by atoms with E-state index < -0.39 is 30.4 Å². The molecule has 0 spiro atoms. The highest BCUT2D eigenvalue weighted by Crippen LogP contribution is 2.15. The fourth-order valence-electron chi connectivity index (χ4n) is 4.19. The van der Waals surface area contributed by atoms with Gasteiger partial charge in [0.05, 0.1) is 35.9 Å². The van der Waals surface area contributed by atoms with Gasteiger partial charge in [-0.15, -0.1) is 0 Å². The molecule has 0 saturated heterocycles. The number of nitrogens with zero attached hydrogens (tertiary/aromatic N) is 4. The number of carbonyl (C=O) groups excluding carboxylic acids is 2. The van der Waals surface area contributed by atoms with Gasteiger partial charge in [0.1, 0.15) is 13.2 Å². The van der Waals surface area contributed by atoms with Gasteiger partial charge in [0, 0.05) is 30.8 Å². The van der Waals surface area contributed by atoms with Gasteiger partial charge >= 0.3 is 12.2 Å². The predicted octanol–water partition coefficient (Wildman–Crippen LogP) is 3.39. The lowest BCUT2D eigenvalue weighted by Gasteiger charge is -2.28. The second-order valence-electron chi connectivity index (χ2n) is 9.32. The van der Waals surface area contributed by atoms with Crippen molar-refractivity contribution in [1.29, 1.82) is 0 Å². The van der Waals surface area contributed by atoms with Gasteiger partial charge in [-0.05, 0) is 30.4 Å². The predicted molar refractivity (Wildman–Crippen MR) is 149 cm³/mol. The Morgan fingerprint density at radius 3 is 1.73 bits per heavy atom. The van der Waals surface area contributed by atoms with Crippen molar-refractivity contribution < 1.29 is 24.2 Å². The number of carbonyl (C=O) groups is 2. The van der Waals surface area contributed by atoms with E-state index in [1.807, 2.05) is 60.7 Å². The van der Waals surface area contributed by atoms with Crippen molar-refractivity contribution in [2.45, 2.75) is 50.7 Å². The minimum Gasteiger partial charge on any atom is -0.443 e. The zero-order valence-corrected chi connectivity index (χ0v) is 22.4. The molecule has 2 aromatic carbocycles. The van der Waals surface area contributed by atoms with Gasteiger partial charge in [-0.25, -0.2) is 9.59 Å². The summed E-state index contributed by atoms with van der Waals surface area (Å²) in [5.74, 6) is 0. The zero-order chi connectivity index (χ0) is 28.7. The third kappa shape index (κ3) is 10.3. The molecule has 4 rings (SSSR count). The number of aliphatic hydroxyl groups excluding tert-OH is 1. The summed E-state index contributed by atoms with van der Waals surface area (Å²) in [4.78, 5) is 41.5. The first-order valence-electron chi connectivity index (χ1n) is 13.2. The molecule has 0 unspecified atom stereocenters. The van der Waals surface area contributed by atoms with Gasteiger partial charge in [0.15, 0.2) is 0 Å². The molecular formula is C30H32N6O5. The van der Waals surface area contributed by atoms with Crippen LogP contribution in [0.25, 0.3) is 0 Å². The van der Waals surface area contributed by atoms with Crippen LogP contribution in [0.5, 0.6) is 0 Å². The summed E-state index contributed by atoms with van der Waals surface area (Å²) in [7, 11) is 0. The molecule has 212 valence electrons. The first-order chi connectivity index (χ1) is 20.0. The Labute approximate surface area is 238 Å². The van der Waals surface area contributed by atoms with Crippen LogP contribution in [-0.4, -0.2) is 55.4 Å². The number of aliphatic hydroxyl groups is 1. The van der Waals surface area contributed by atoms with Gasteiger partial charge < -0.3 is 25.2 Å². The Kier molecular flexibility index (Phi) is 11.1. The molecule has 41 heavy (non-hydrogen) atoms.